The third-order valence-corrected chi connectivity index (χ3v) is 2.39. The zero-order valence-corrected chi connectivity index (χ0v) is 9.02. The van der Waals surface area contributed by atoms with Crippen LogP contribution in [-0.4, -0.2) is 14.4 Å². The first-order valence-corrected chi connectivity index (χ1v) is 4.88. The Kier molecular flexibility index (Phi) is 2.16. The van der Waals surface area contributed by atoms with Crippen molar-refractivity contribution in [1.82, 2.24) is 14.4 Å². The van der Waals surface area contributed by atoms with E-state index in [4.69, 9.17) is 5.26 Å². The Morgan fingerprint density at radius 3 is 2.73 bits per heavy atom. The Balaban J connectivity index is 2.87. The van der Waals surface area contributed by atoms with Crippen molar-refractivity contribution in [2.45, 2.75) is 26.7 Å². The number of hydrogen-bond donors (Lipinski definition) is 0. The van der Waals surface area contributed by atoms with Crippen LogP contribution in [0.5, 0.6) is 0 Å². The average Bonchev–Trinajstić information content (AvgIpc) is 2.55. The fourth-order valence-corrected chi connectivity index (χ4v) is 1.73. The first-order chi connectivity index (χ1) is 7.15. The van der Waals surface area contributed by atoms with Crippen LogP contribution in [0, 0.1) is 18.3 Å². The van der Waals surface area contributed by atoms with Gasteiger partial charge in [0.25, 0.3) is 0 Å². The maximum absolute atomic E-state index is 8.95. The molecule has 2 aromatic rings. The van der Waals surface area contributed by atoms with Crippen LogP contribution in [0.3, 0.4) is 0 Å². The molecule has 4 nitrogen and oxygen atoms in total. The maximum atomic E-state index is 8.95. The SMILES string of the molecule is Cc1cc(C#N)c2ncnc(C(C)C)n12. The lowest BCUT2D eigenvalue weighted by Gasteiger charge is -2.08. The molecule has 0 aliphatic carbocycles. The predicted octanol–water partition coefficient (Wildman–Crippen LogP) is 2.03. The quantitative estimate of drug-likeness (QED) is 0.707. The van der Waals surface area contributed by atoms with E-state index in [9.17, 15) is 0 Å². The van der Waals surface area contributed by atoms with E-state index in [1.54, 1.807) is 0 Å². The molecule has 4 heteroatoms. The van der Waals surface area contributed by atoms with E-state index in [0.29, 0.717) is 17.1 Å². The number of hydrogen-bond acceptors (Lipinski definition) is 3. The second-order valence-electron chi connectivity index (χ2n) is 3.86. The van der Waals surface area contributed by atoms with E-state index < -0.39 is 0 Å². The molecule has 2 heterocycles. The van der Waals surface area contributed by atoms with Crippen LogP contribution < -0.4 is 0 Å². The van der Waals surface area contributed by atoms with Gasteiger partial charge in [-0.2, -0.15) is 5.26 Å². The van der Waals surface area contributed by atoms with E-state index in [1.807, 2.05) is 17.4 Å². The molecule has 2 aromatic heterocycles. The van der Waals surface area contributed by atoms with Crippen LogP contribution in [0.2, 0.25) is 0 Å². The second-order valence-corrected chi connectivity index (χ2v) is 3.86. The molecule has 0 atom stereocenters. The fraction of sp³-hybridized carbons (Fsp3) is 0.364. The molecule has 0 bridgehead atoms. The van der Waals surface area contributed by atoms with E-state index >= 15 is 0 Å². The van der Waals surface area contributed by atoms with E-state index in [0.717, 1.165) is 11.5 Å². The van der Waals surface area contributed by atoms with Crippen molar-refractivity contribution in [3.8, 4) is 6.07 Å². The van der Waals surface area contributed by atoms with Crippen molar-refractivity contribution in [3.05, 3.63) is 29.5 Å². The smallest absolute Gasteiger partial charge is 0.158 e. The normalized spacial score (nSPS) is 10.9. The number of rotatable bonds is 1. The summed E-state index contributed by atoms with van der Waals surface area (Å²) in [6.07, 6.45) is 1.52. The molecule has 0 aromatic carbocycles. The zero-order valence-electron chi connectivity index (χ0n) is 9.02. The van der Waals surface area contributed by atoms with Gasteiger partial charge >= 0.3 is 0 Å². The summed E-state index contributed by atoms with van der Waals surface area (Å²) in [5.41, 5.74) is 2.32. The van der Waals surface area contributed by atoms with Crippen molar-refractivity contribution in [2.24, 2.45) is 0 Å². The van der Waals surface area contributed by atoms with Gasteiger partial charge in [-0.3, -0.25) is 4.40 Å². The molecule has 0 radical (unpaired) electrons. The van der Waals surface area contributed by atoms with Gasteiger partial charge < -0.3 is 0 Å². The van der Waals surface area contributed by atoms with Gasteiger partial charge in [-0.05, 0) is 13.0 Å². The lowest BCUT2D eigenvalue weighted by Crippen LogP contribution is -2.05. The number of aromatic nitrogens is 3. The third-order valence-electron chi connectivity index (χ3n) is 2.39. The van der Waals surface area contributed by atoms with Crippen LogP contribution in [0.4, 0.5) is 0 Å². The van der Waals surface area contributed by atoms with Gasteiger partial charge in [0, 0.05) is 11.6 Å². The first-order valence-electron chi connectivity index (χ1n) is 4.88. The van der Waals surface area contributed by atoms with E-state index in [1.165, 1.54) is 6.33 Å². The first kappa shape index (κ1) is 9.66. The van der Waals surface area contributed by atoms with Gasteiger partial charge in [-0.25, -0.2) is 9.97 Å². The topological polar surface area (TPSA) is 54.0 Å². The maximum Gasteiger partial charge on any atom is 0.158 e. The molecule has 0 aliphatic rings. The minimum atomic E-state index is 0.313. The molecule has 0 spiro atoms. The average molecular weight is 200 g/mol. The minimum Gasteiger partial charge on any atom is -0.285 e. The monoisotopic (exact) mass is 200 g/mol. The Labute approximate surface area is 88.2 Å². The second kappa shape index (κ2) is 3.35. The summed E-state index contributed by atoms with van der Waals surface area (Å²) >= 11 is 0. The lowest BCUT2D eigenvalue weighted by molar-refractivity contribution is 0.734. The van der Waals surface area contributed by atoms with Gasteiger partial charge in [-0.15, -0.1) is 0 Å². The predicted molar refractivity (Wildman–Crippen MR) is 56.5 cm³/mol. The molecule has 15 heavy (non-hydrogen) atoms. The van der Waals surface area contributed by atoms with Crippen LogP contribution in [-0.2, 0) is 0 Å². The largest absolute Gasteiger partial charge is 0.285 e. The minimum absolute atomic E-state index is 0.313. The number of fused-ring (bicyclic) bond motifs is 1. The third kappa shape index (κ3) is 1.37. The Morgan fingerprint density at radius 2 is 2.13 bits per heavy atom. The Bertz CT molecular complexity index is 545. The standard InChI is InChI=1S/C11H12N4/c1-7(2)10-13-6-14-11-9(5-12)4-8(3)15(10)11/h4,6-7H,1-3H3. The van der Waals surface area contributed by atoms with Crippen LogP contribution >= 0.6 is 0 Å². The van der Waals surface area contributed by atoms with Crippen molar-refractivity contribution < 1.29 is 0 Å². The van der Waals surface area contributed by atoms with Gasteiger partial charge in [-0.1, -0.05) is 13.8 Å². The summed E-state index contributed by atoms with van der Waals surface area (Å²) in [7, 11) is 0. The number of nitriles is 1. The van der Waals surface area contributed by atoms with Gasteiger partial charge in [0.2, 0.25) is 0 Å². The van der Waals surface area contributed by atoms with Crippen LogP contribution in [0.25, 0.3) is 5.65 Å². The summed E-state index contributed by atoms with van der Waals surface area (Å²) in [4.78, 5) is 8.40. The van der Waals surface area contributed by atoms with Crippen molar-refractivity contribution in [1.29, 1.82) is 5.26 Å². The lowest BCUT2D eigenvalue weighted by atomic mass is 10.2. The highest BCUT2D eigenvalue weighted by Gasteiger charge is 2.12. The van der Waals surface area contributed by atoms with Crippen molar-refractivity contribution >= 4 is 5.65 Å². The molecule has 0 saturated carbocycles. The molecular formula is C11H12N4. The molecule has 0 amide bonds. The summed E-state index contributed by atoms with van der Waals surface area (Å²) < 4.78 is 1.95. The van der Waals surface area contributed by atoms with Gasteiger partial charge in [0.15, 0.2) is 5.65 Å². The van der Waals surface area contributed by atoms with E-state index in [2.05, 4.69) is 29.9 Å². The molecular weight excluding hydrogens is 188 g/mol. The summed E-state index contributed by atoms with van der Waals surface area (Å²) in [5, 5.41) is 8.95. The molecule has 0 unspecified atom stereocenters. The molecule has 2 rings (SSSR count). The molecule has 0 aliphatic heterocycles. The highest BCUT2D eigenvalue weighted by Crippen LogP contribution is 2.19. The van der Waals surface area contributed by atoms with E-state index in [-0.39, 0.29) is 0 Å². The van der Waals surface area contributed by atoms with Crippen LogP contribution in [0.1, 0.15) is 36.8 Å². The summed E-state index contributed by atoms with van der Waals surface area (Å²) in [6.45, 7) is 6.11. The van der Waals surface area contributed by atoms with Gasteiger partial charge in [0.1, 0.15) is 18.2 Å². The van der Waals surface area contributed by atoms with Crippen molar-refractivity contribution in [3.63, 3.8) is 0 Å². The van der Waals surface area contributed by atoms with Crippen LogP contribution in [0.15, 0.2) is 12.4 Å². The molecule has 0 fully saturated rings. The van der Waals surface area contributed by atoms with Crippen molar-refractivity contribution in [2.75, 3.05) is 0 Å². The van der Waals surface area contributed by atoms with Gasteiger partial charge in [0.05, 0.1) is 5.56 Å². The Hall–Kier alpha value is -1.89. The molecule has 0 N–H and O–H groups in total. The molecule has 76 valence electrons. The summed E-state index contributed by atoms with van der Waals surface area (Å²) in [5.74, 6) is 1.26. The molecule has 0 saturated heterocycles. The fourth-order valence-electron chi connectivity index (χ4n) is 1.73. The Morgan fingerprint density at radius 1 is 1.40 bits per heavy atom. The highest BCUT2D eigenvalue weighted by molar-refractivity contribution is 5.58. The number of aryl methyl sites for hydroxylation is 1. The zero-order chi connectivity index (χ0) is 11.0. The number of nitrogens with zero attached hydrogens (tertiary/aromatic N) is 4. The summed E-state index contributed by atoms with van der Waals surface area (Å²) in [6, 6.07) is 3.99. The highest BCUT2D eigenvalue weighted by atomic mass is 15.1.